The Morgan fingerprint density at radius 2 is 1.59 bits per heavy atom. The van der Waals surface area contributed by atoms with Gasteiger partial charge in [0.05, 0.1) is 17.7 Å². The molecule has 0 unspecified atom stereocenters. The number of anilines is 2. The van der Waals surface area contributed by atoms with Crippen molar-refractivity contribution in [3.63, 3.8) is 0 Å². The molecular formula is C29H22ClN3O4. The van der Waals surface area contributed by atoms with Gasteiger partial charge in [-0.15, -0.1) is 0 Å². The number of nitrogens with zero attached hydrogens (tertiary/aromatic N) is 1. The molecule has 2 amide bonds. The third kappa shape index (κ3) is 5.17. The summed E-state index contributed by atoms with van der Waals surface area (Å²) in [6, 6.07) is 27.3. The minimum atomic E-state index is -0.709. The molecule has 184 valence electrons. The minimum absolute atomic E-state index is 0.137. The van der Waals surface area contributed by atoms with Crippen molar-refractivity contribution in [1.82, 2.24) is 4.98 Å². The van der Waals surface area contributed by atoms with E-state index in [0.29, 0.717) is 21.8 Å². The number of hydrogen-bond donors (Lipinski definition) is 2. The van der Waals surface area contributed by atoms with Crippen LogP contribution in [0.25, 0.3) is 33.5 Å². The molecule has 37 heavy (non-hydrogen) atoms. The fourth-order valence-electron chi connectivity index (χ4n) is 4.00. The Hall–Kier alpha value is -4.62. The van der Waals surface area contributed by atoms with Crippen molar-refractivity contribution in [2.75, 3.05) is 17.2 Å². The van der Waals surface area contributed by atoms with E-state index in [1.165, 1.54) is 0 Å². The third-order valence-corrected chi connectivity index (χ3v) is 5.83. The van der Waals surface area contributed by atoms with Gasteiger partial charge < -0.3 is 19.8 Å². The number of ether oxygens (including phenoxy) is 1. The van der Waals surface area contributed by atoms with E-state index in [1.54, 1.807) is 31.2 Å². The second-order valence-electron chi connectivity index (χ2n) is 8.08. The zero-order valence-electron chi connectivity index (χ0n) is 19.8. The van der Waals surface area contributed by atoms with Gasteiger partial charge in [0, 0.05) is 16.3 Å². The number of pyridine rings is 1. The first-order valence-electron chi connectivity index (χ1n) is 11.6. The van der Waals surface area contributed by atoms with Crippen LogP contribution < -0.4 is 10.6 Å². The number of hydrogen-bond acceptors (Lipinski definition) is 5. The molecule has 3 aromatic carbocycles. The minimum Gasteiger partial charge on any atom is -0.460 e. The molecule has 0 saturated heterocycles. The molecule has 2 aromatic heterocycles. The van der Waals surface area contributed by atoms with Gasteiger partial charge in [0.2, 0.25) is 11.5 Å². The van der Waals surface area contributed by atoms with Crippen molar-refractivity contribution in [2.24, 2.45) is 0 Å². The molecule has 2 N–H and O–H groups in total. The van der Waals surface area contributed by atoms with Gasteiger partial charge in [0.1, 0.15) is 5.69 Å². The second-order valence-corrected chi connectivity index (χ2v) is 8.52. The van der Waals surface area contributed by atoms with E-state index < -0.39 is 12.0 Å². The van der Waals surface area contributed by atoms with Crippen molar-refractivity contribution in [1.29, 1.82) is 0 Å². The van der Waals surface area contributed by atoms with Crippen molar-refractivity contribution < 1.29 is 18.7 Å². The number of urea groups is 1. The molecule has 0 radical (unpaired) electrons. The summed E-state index contributed by atoms with van der Waals surface area (Å²) in [5.41, 5.74) is 3.99. The Labute approximate surface area is 218 Å². The van der Waals surface area contributed by atoms with Crippen LogP contribution in [0.4, 0.5) is 16.2 Å². The number of benzene rings is 3. The van der Waals surface area contributed by atoms with Crippen molar-refractivity contribution in [3.05, 3.63) is 102 Å². The molecule has 0 atom stereocenters. The number of rotatable bonds is 6. The Morgan fingerprint density at radius 3 is 2.27 bits per heavy atom. The van der Waals surface area contributed by atoms with Crippen molar-refractivity contribution in [2.45, 2.75) is 6.92 Å². The second kappa shape index (κ2) is 10.6. The Balaban J connectivity index is 1.68. The lowest BCUT2D eigenvalue weighted by atomic mass is 9.99. The highest BCUT2D eigenvalue weighted by molar-refractivity contribution is 6.31. The monoisotopic (exact) mass is 511 g/mol. The molecule has 7 nitrogen and oxygen atoms in total. The maximum atomic E-state index is 13.0. The SMILES string of the molecule is CCOC(=O)c1oc2nc(-c3ccccc3)cc(-c3ccccc3)c2c1NC(=O)Nc1cccc(Cl)c1. The van der Waals surface area contributed by atoms with Gasteiger partial charge in [0.15, 0.2) is 0 Å². The van der Waals surface area contributed by atoms with E-state index >= 15 is 0 Å². The summed E-state index contributed by atoms with van der Waals surface area (Å²) >= 11 is 6.05. The fourth-order valence-corrected chi connectivity index (χ4v) is 4.19. The first kappa shape index (κ1) is 24.1. The summed E-state index contributed by atoms with van der Waals surface area (Å²) in [5, 5.41) is 6.47. The van der Waals surface area contributed by atoms with Crippen molar-refractivity contribution in [3.8, 4) is 22.4 Å². The molecule has 8 heteroatoms. The van der Waals surface area contributed by atoms with Crippen LogP contribution in [0.2, 0.25) is 5.02 Å². The van der Waals surface area contributed by atoms with E-state index in [2.05, 4.69) is 10.6 Å². The molecule has 0 aliphatic heterocycles. The number of esters is 1. The smallest absolute Gasteiger partial charge is 0.376 e. The summed E-state index contributed by atoms with van der Waals surface area (Å²) in [6.45, 7) is 1.83. The van der Waals surface area contributed by atoms with E-state index in [0.717, 1.165) is 16.7 Å². The zero-order valence-corrected chi connectivity index (χ0v) is 20.6. The average Bonchev–Trinajstić information content (AvgIpc) is 3.27. The van der Waals surface area contributed by atoms with E-state index in [-0.39, 0.29) is 23.8 Å². The molecular weight excluding hydrogens is 490 g/mol. The summed E-state index contributed by atoms with van der Waals surface area (Å²) < 4.78 is 11.2. The summed E-state index contributed by atoms with van der Waals surface area (Å²) in [7, 11) is 0. The van der Waals surface area contributed by atoms with Gasteiger partial charge in [-0.2, -0.15) is 0 Å². The molecule has 0 spiro atoms. The first-order valence-corrected chi connectivity index (χ1v) is 12.0. The molecule has 0 bridgehead atoms. The molecule has 5 rings (SSSR count). The van der Waals surface area contributed by atoms with Crippen LogP contribution in [0.3, 0.4) is 0 Å². The summed E-state index contributed by atoms with van der Waals surface area (Å²) in [4.78, 5) is 30.6. The van der Waals surface area contributed by atoms with Crippen molar-refractivity contribution >= 4 is 46.1 Å². The Bertz CT molecular complexity index is 1580. The summed E-state index contributed by atoms with van der Waals surface area (Å²) in [5.74, 6) is -0.855. The maximum Gasteiger partial charge on any atom is 0.376 e. The topological polar surface area (TPSA) is 93.5 Å². The number of fused-ring (bicyclic) bond motifs is 1. The van der Waals surface area contributed by atoms with Crippen LogP contribution in [-0.2, 0) is 4.74 Å². The molecule has 5 aromatic rings. The quantitative estimate of drug-likeness (QED) is 0.228. The number of halogens is 1. The van der Waals surface area contributed by atoms with E-state index in [4.69, 9.17) is 25.7 Å². The molecule has 0 aliphatic rings. The molecule has 0 aliphatic carbocycles. The van der Waals surface area contributed by atoms with Gasteiger partial charge in [-0.1, -0.05) is 78.3 Å². The number of amides is 2. The van der Waals surface area contributed by atoms with Gasteiger partial charge >= 0.3 is 12.0 Å². The first-order chi connectivity index (χ1) is 18.0. The predicted octanol–water partition coefficient (Wildman–Crippen LogP) is 7.64. The third-order valence-electron chi connectivity index (χ3n) is 5.60. The van der Waals surface area contributed by atoms with Crippen LogP contribution in [0.1, 0.15) is 17.5 Å². The Kier molecular flexibility index (Phi) is 6.87. The van der Waals surface area contributed by atoms with Crippen LogP contribution in [-0.4, -0.2) is 23.6 Å². The molecule has 0 fully saturated rings. The van der Waals surface area contributed by atoms with Gasteiger partial charge in [-0.25, -0.2) is 14.6 Å². The van der Waals surface area contributed by atoms with Gasteiger partial charge in [-0.3, -0.25) is 0 Å². The average molecular weight is 512 g/mol. The predicted molar refractivity (Wildman–Crippen MR) is 145 cm³/mol. The fraction of sp³-hybridized carbons (Fsp3) is 0.0690. The highest BCUT2D eigenvalue weighted by atomic mass is 35.5. The standard InChI is InChI=1S/C29H22ClN3O4/c1-2-36-28(34)26-25(33-29(35)31-21-15-9-14-20(30)16-21)24-22(18-10-5-3-6-11-18)17-23(32-27(24)37-26)19-12-7-4-8-13-19/h3-17H,2H2,1H3,(H2,31,33,35). The van der Waals surface area contributed by atoms with Gasteiger partial charge in [-0.05, 0) is 42.3 Å². The zero-order chi connectivity index (χ0) is 25.8. The number of carbonyl (C=O) groups excluding carboxylic acids is 2. The molecule has 2 heterocycles. The number of carbonyl (C=O) groups is 2. The highest BCUT2D eigenvalue weighted by Crippen LogP contribution is 2.40. The lowest BCUT2D eigenvalue weighted by Gasteiger charge is -2.11. The number of aromatic nitrogens is 1. The van der Waals surface area contributed by atoms with Crippen LogP contribution >= 0.6 is 11.6 Å². The molecule has 0 saturated carbocycles. The normalized spacial score (nSPS) is 10.8. The van der Waals surface area contributed by atoms with E-state index in [1.807, 2.05) is 66.7 Å². The van der Waals surface area contributed by atoms with Crippen LogP contribution in [0.5, 0.6) is 0 Å². The maximum absolute atomic E-state index is 13.0. The number of nitrogens with one attached hydrogen (secondary N) is 2. The Morgan fingerprint density at radius 1 is 0.892 bits per heavy atom. The van der Waals surface area contributed by atoms with Crippen LogP contribution in [0, 0.1) is 0 Å². The largest absolute Gasteiger partial charge is 0.460 e. The highest BCUT2D eigenvalue weighted by Gasteiger charge is 2.27. The van der Waals surface area contributed by atoms with E-state index in [9.17, 15) is 9.59 Å². The van der Waals surface area contributed by atoms with Gasteiger partial charge in [0.25, 0.3) is 0 Å². The number of furan rings is 1. The summed E-state index contributed by atoms with van der Waals surface area (Å²) in [6.07, 6.45) is 0. The van der Waals surface area contributed by atoms with Crippen LogP contribution in [0.15, 0.2) is 95.4 Å². The lowest BCUT2D eigenvalue weighted by Crippen LogP contribution is -2.21. The lowest BCUT2D eigenvalue weighted by molar-refractivity contribution is 0.0494.